The molecule has 1 saturated heterocycles. The van der Waals surface area contributed by atoms with Gasteiger partial charge in [0.1, 0.15) is 11.5 Å². The first-order valence-electron chi connectivity index (χ1n) is 8.94. The van der Waals surface area contributed by atoms with Crippen LogP contribution in [0.15, 0.2) is 24.5 Å². The summed E-state index contributed by atoms with van der Waals surface area (Å²) in [6.07, 6.45) is 3.03. The number of hydrogen-bond donors (Lipinski definition) is 1. The zero-order valence-electron chi connectivity index (χ0n) is 16.3. The minimum Gasteiger partial charge on any atom is -0.493 e. The van der Waals surface area contributed by atoms with Crippen molar-refractivity contribution in [2.75, 3.05) is 52.4 Å². The molecular weight excluding hydrogens is 362 g/mol. The smallest absolute Gasteiger partial charge is 0.268 e. The predicted octanol–water partition coefficient (Wildman–Crippen LogP) is 0.924. The highest BCUT2D eigenvalue weighted by Gasteiger charge is 2.22. The molecule has 0 bridgehead atoms. The van der Waals surface area contributed by atoms with E-state index in [4.69, 9.17) is 19.9 Å². The lowest BCUT2D eigenvalue weighted by molar-refractivity contribution is 0.0995. The molecule has 2 heterocycles. The summed E-state index contributed by atoms with van der Waals surface area (Å²) in [6, 6.07) is 3.88. The van der Waals surface area contributed by atoms with Gasteiger partial charge in [-0.1, -0.05) is 6.07 Å². The van der Waals surface area contributed by atoms with Gasteiger partial charge in [0, 0.05) is 38.3 Å². The molecule has 0 saturated carbocycles. The van der Waals surface area contributed by atoms with Gasteiger partial charge in [-0.25, -0.2) is 4.98 Å². The van der Waals surface area contributed by atoms with E-state index in [1.54, 1.807) is 27.5 Å². The van der Waals surface area contributed by atoms with Crippen molar-refractivity contribution in [1.82, 2.24) is 14.9 Å². The monoisotopic (exact) mass is 387 g/mol. The van der Waals surface area contributed by atoms with E-state index in [9.17, 15) is 4.79 Å². The van der Waals surface area contributed by atoms with Gasteiger partial charge < -0.3 is 24.8 Å². The number of benzene rings is 1. The Morgan fingerprint density at radius 3 is 2.36 bits per heavy atom. The van der Waals surface area contributed by atoms with E-state index in [2.05, 4.69) is 19.8 Å². The Bertz CT molecular complexity index is 837. The van der Waals surface area contributed by atoms with Gasteiger partial charge in [0.15, 0.2) is 11.5 Å². The Kier molecular flexibility index (Phi) is 6.15. The molecule has 0 atom stereocenters. The molecule has 1 aliphatic rings. The molecule has 1 aromatic carbocycles. The number of carbonyl (C=O) groups excluding carboxylic acids is 1. The van der Waals surface area contributed by atoms with Crippen molar-refractivity contribution in [1.29, 1.82) is 0 Å². The maximum Gasteiger partial charge on any atom is 0.268 e. The molecule has 1 amide bonds. The van der Waals surface area contributed by atoms with Crippen molar-refractivity contribution in [2.45, 2.75) is 6.54 Å². The summed E-state index contributed by atoms with van der Waals surface area (Å²) in [6.45, 7) is 3.93. The average Bonchev–Trinajstić information content (AvgIpc) is 2.73. The summed E-state index contributed by atoms with van der Waals surface area (Å²) < 4.78 is 16.4. The molecule has 1 fully saturated rings. The average molecular weight is 387 g/mol. The maximum atomic E-state index is 11.3. The van der Waals surface area contributed by atoms with Gasteiger partial charge in [-0.15, -0.1) is 0 Å². The molecule has 0 unspecified atom stereocenters. The highest BCUT2D eigenvalue weighted by molar-refractivity contribution is 5.90. The van der Waals surface area contributed by atoms with Crippen LogP contribution in [0, 0.1) is 0 Å². The fraction of sp³-hybridized carbons (Fsp3) is 0.421. The number of ether oxygens (including phenoxy) is 3. The van der Waals surface area contributed by atoms with Crippen molar-refractivity contribution in [2.24, 2.45) is 5.73 Å². The normalized spacial score (nSPS) is 14.6. The number of amides is 1. The molecule has 150 valence electrons. The van der Waals surface area contributed by atoms with Crippen LogP contribution >= 0.6 is 0 Å². The van der Waals surface area contributed by atoms with Gasteiger partial charge in [0.05, 0.1) is 33.7 Å². The van der Waals surface area contributed by atoms with E-state index in [0.717, 1.165) is 38.3 Å². The lowest BCUT2D eigenvalue weighted by Gasteiger charge is -2.35. The number of carbonyl (C=O) groups is 1. The first kappa shape index (κ1) is 19.7. The van der Waals surface area contributed by atoms with Gasteiger partial charge in [-0.3, -0.25) is 14.7 Å². The van der Waals surface area contributed by atoms with Crippen LogP contribution in [0.2, 0.25) is 0 Å². The van der Waals surface area contributed by atoms with E-state index >= 15 is 0 Å². The highest BCUT2D eigenvalue weighted by Crippen LogP contribution is 2.40. The first-order chi connectivity index (χ1) is 13.6. The lowest BCUT2D eigenvalue weighted by atomic mass is 10.1. The van der Waals surface area contributed by atoms with E-state index < -0.39 is 5.91 Å². The van der Waals surface area contributed by atoms with Crippen LogP contribution in [-0.2, 0) is 6.54 Å². The van der Waals surface area contributed by atoms with Crippen LogP contribution in [-0.4, -0.2) is 68.3 Å². The van der Waals surface area contributed by atoms with Crippen LogP contribution in [0.3, 0.4) is 0 Å². The Morgan fingerprint density at radius 2 is 1.75 bits per heavy atom. The molecule has 1 aliphatic heterocycles. The predicted molar refractivity (Wildman–Crippen MR) is 104 cm³/mol. The van der Waals surface area contributed by atoms with E-state index in [1.165, 1.54) is 6.20 Å². The van der Waals surface area contributed by atoms with E-state index in [0.29, 0.717) is 23.1 Å². The molecule has 9 heteroatoms. The highest BCUT2D eigenvalue weighted by atomic mass is 16.5. The van der Waals surface area contributed by atoms with Crippen molar-refractivity contribution in [3.8, 4) is 17.2 Å². The minimum atomic E-state index is -0.575. The summed E-state index contributed by atoms with van der Waals surface area (Å²) >= 11 is 0. The third-order valence-electron chi connectivity index (χ3n) is 4.75. The largest absolute Gasteiger partial charge is 0.493 e. The van der Waals surface area contributed by atoms with Gasteiger partial charge in [0.25, 0.3) is 5.91 Å². The molecule has 0 aliphatic carbocycles. The number of piperazine rings is 1. The van der Waals surface area contributed by atoms with Crippen LogP contribution < -0.4 is 24.8 Å². The van der Waals surface area contributed by atoms with Crippen molar-refractivity contribution >= 4 is 11.7 Å². The first-order valence-corrected chi connectivity index (χ1v) is 8.94. The summed E-state index contributed by atoms with van der Waals surface area (Å²) in [5.41, 5.74) is 6.50. The van der Waals surface area contributed by atoms with Crippen molar-refractivity contribution < 1.29 is 19.0 Å². The van der Waals surface area contributed by atoms with E-state index in [1.807, 2.05) is 12.1 Å². The quantitative estimate of drug-likeness (QED) is 0.748. The number of rotatable bonds is 7. The molecular formula is C19H25N5O4. The van der Waals surface area contributed by atoms with Crippen molar-refractivity contribution in [3.63, 3.8) is 0 Å². The number of anilines is 1. The number of nitrogens with zero attached hydrogens (tertiary/aromatic N) is 4. The molecule has 0 radical (unpaired) electrons. The maximum absolute atomic E-state index is 11.3. The summed E-state index contributed by atoms with van der Waals surface area (Å²) in [7, 11) is 4.83. The number of primary amides is 1. The van der Waals surface area contributed by atoms with Crippen LogP contribution in [0.5, 0.6) is 17.2 Å². The molecule has 28 heavy (non-hydrogen) atoms. The van der Waals surface area contributed by atoms with Crippen LogP contribution in [0.4, 0.5) is 5.82 Å². The topological polar surface area (TPSA) is 103 Å². The Hall–Kier alpha value is -3.07. The zero-order valence-corrected chi connectivity index (χ0v) is 16.3. The second-order valence-electron chi connectivity index (χ2n) is 6.38. The second kappa shape index (κ2) is 8.75. The summed E-state index contributed by atoms with van der Waals surface area (Å²) in [4.78, 5) is 24.1. The molecule has 2 aromatic rings. The van der Waals surface area contributed by atoms with Crippen LogP contribution in [0.1, 0.15) is 16.1 Å². The fourth-order valence-corrected chi connectivity index (χ4v) is 3.29. The Balaban J connectivity index is 1.68. The Morgan fingerprint density at radius 1 is 1.04 bits per heavy atom. The molecule has 9 nitrogen and oxygen atoms in total. The third-order valence-corrected chi connectivity index (χ3v) is 4.75. The molecule has 0 spiro atoms. The van der Waals surface area contributed by atoms with Crippen molar-refractivity contribution in [3.05, 3.63) is 35.8 Å². The fourth-order valence-electron chi connectivity index (χ4n) is 3.29. The third kappa shape index (κ3) is 4.09. The number of nitrogens with two attached hydrogens (primary N) is 1. The minimum absolute atomic E-state index is 0.176. The second-order valence-corrected chi connectivity index (χ2v) is 6.38. The summed E-state index contributed by atoms with van der Waals surface area (Å²) in [5, 5.41) is 0. The van der Waals surface area contributed by atoms with Gasteiger partial charge in [0.2, 0.25) is 5.75 Å². The molecule has 1 aromatic heterocycles. The number of hydrogen-bond acceptors (Lipinski definition) is 8. The van der Waals surface area contributed by atoms with E-state index in [-0.39, 0.29) is 5.69 Å². The molecule has 3 rings (SSSR count). The molecule has 2 N–H and O–H groups in total. The number of methoxy groups -OCH3 is 3. The zero-order chi connectivity index (χ0) is 20.1. The van der Waals surface area contributed by atoms with Gasteiger partial charge in [-0.05, 0) is 6.07 Å². The standard InChI is InChI=1S/C19H25N5O4/c1-26-15-5-4-13(17(27-2)18(15)28-3)12-23-6-8-24(9-7-23)16-11-21-10-14(22-16)19(20)25/h4-5,10-11H,6-9,12H2,1-3H3,(H2,20,25). The SMILES string of the molecule is COc1ccc(CN2CCN(c3cncc(C(N)=O)n3)CC2)c(OC)c1OC. The van der Waals surface area contributed by atoms with Gasteiger partial charge >= 0.3 is 0 Å². The lowest BCUT2D eigenvalue weighted by Crippen LogP contribution is -2.46. The number of aromatic nitrogens is 2. The Labute approximate surface area is 164 Å². The van der Waals surface area contributed by atoms with Gasteiger partial charge in [-0.2, -0.15) is 0 Å². The van der Waals surface area contributed by atoms with Crippen LogP contribution in [0.25, 0.3) is 0 Å². The summed E-state index contributed by atoms with van der Waals surface area (Å²) in [5.74, 6) is 2.01.